The number of nitrogen functional groups attached to an aromatic ring is 1. The fourth-order valence-corrected chi connectivity index (χ4v) is 1.13. The number of ether oxygens (including phenoxy) is 1. The third kappa shape index (κ3) is 1.64. The van der Waals surface area contributed by atoms with E-state index in [1.165, 1.54) is 0 Å². The van der Waals surface area contributed by atoms with Crippen molar-refractivity contribution >= 4 is 12.0 Å². The van der Waals surface area contributed by atoms with Crippen molar-refractivity contribution in [3.8, 4) is 5.75 Å². The molecule has 1 fully saturated rings. The van der Waals surface area contributed by atoms with Gasteiger partial charge < -0.3 is 10.5 Å². The number of benzene rings is 1. The van der Waals surface area contributed by atoms with Crippen LogP contribution in [0.1, 0.15) is 23.2 Å². The van der Waals surface area contributed by atoms with Crippen LogP contribution in [-0.4, -0.2) is 12.4 Å². The molecule has 0 aliphatic heterocycles. The van der Waals surface area contributed by atoms with Crippen molar-refractivity contribution in [3.63, 3.8) is 0 Å². The van der Waals surface area contributed by atoms with Gasteiger partial charge in [-0.05, 0) is 25.0 Å². The Bertz CT molecular complexity index is 332. The zero-order chi connectivity index (χ0) is 9.26. The molecular formula is C10H11NO2. The van der Waals surface area contributed by atoms with Crippen LogP contribution in [0.15, 0.2) is 18.2 Å². The molecule has 0 heterocycles. The lowest BCUT2D eigenvalue weighted by atomic mass is 10.2. The zero-order valence-electron chi connectivity index (χ0n) is 7.19. The Morgan fingerprint density at radius 2 is 2.23 bits per heavy atom. The first-order valence-corrected chi connectivity index (χ1v) is 4.31. The van der Waals surface area contributed by atoms with Crippen molar-refractivity contribution in [2.24, 2.45) is 0 Å². The molecule has 0 atom stereocenters. The number of nitrogens with two attached hydrogens (primary N) is 1. The highest BCUT2D eigenvalue weighted by Gasteiger charge is 2.24. The van der Waals surface area contributed by atoms with E-state index in [1.807, 2.05) is 0 Å². The Morgan fingerprint density at radius 1 is 1.46 bits per heavy atom. The molecule has 2 N–H and O–H groups in total. The van der Waals surface area contributed by atoms with E-state index in [2.05, 4.69) is 0 Å². The van der Waals surface area contributed by atoms with Gasteiger partial charge in [-0.3, -0.25) is 4.79 Å². The van der Waals surface area contributed by atoms with Crippen LogP contribution in [0.2, 0.25) is 0 Å². The second-order valence-electron chi connectivity index (χ2n) is 3.19. The van der Waals surface area contributed by atoms with E-state index in [0.717, 1.165) is 19.1 Å². The molecule has 1 aliphatic rings. The molecule has 0 amide bonds. The predicted octanol–water partition coefficient (Wildman–Crippen LogP) is 1.62. The minimum absolute atomic E-state index is 0.309. The number of carbonyl (C=O) groups excluding carboxylic acids is 1. The largest absolute Gasteiger partial charge is 0.488 e. The topological polar surface area (TPSA) is 52.3 Å². The molecule has 13 heavy (non-hydrogen) atoms. The number of rotatable bonds is 3. The van der Waals surface area contributed by atoms with Crippen molar-refractivity contribution in [2.75, 3.05) is 5.73 Å². The predicted molar refractivity (Wildman–Crippen MR) is 49.9 cm³/mol. The molecule has 3 heteroatoms. The van der Waals surface area contributed by atoms with Gasteiger partial charge in [-0.1, -0.05) is 6.07 Å². The second-order valence-corrected chi connectivity index (χ2v) is 3.19. The van der Waals surface area contributed by atoms with Gasteiger partial charge in [-0.25, -0.2) is 0 Å². The molecular weight excluding hydrogens is 166 g/mol. The normalized spacial score (nSPS) is 15.4. The molecule has 68 valence electrons. The Labute approximate surface area is 76.5 Å². The van der Waals surface area contributed by atoms with E-state index in [9.17, 15) is 4.79 Å². The lowest BCUT2D eigenvalue weighted by Gasteiger charge is -2.08. The van der Waals surface area contributed by atoms with Crippen LogP contribution in [-0.2, 0) is 0 Å². The first-order valence-electron chi connectivity index (χ1n) is 4.31. The zero-order valence-corrected chi connectivity index (χ0v) is 7.19. The van der Waals surface area contributed by atoms with Gasteiger partial charge in [0.05, 0.1) is 11.8 Å². The van der Waals surface area contributed by atoms with Crippen LogP contribution in [0.4, 0.5) is 5.69 Å². The lowest BCUT2D eigenvalue weighted by molar-refractivity contribution is 0.112. The molecule has 0 bridgehead atoms. The molecule has 0 spiro atoms. The average molecular weight is 177 g/mol. The summed E-state index contributed by atoms with van der Waals surface area (Å²) in [4.78, 5) is 10.5. The van der Waals surface area contributed by atoms with Crippen molar-refractivity contribution in [3.05, 3.63) is 23.8 Å². The van der Waals surface area contributed by atoms with E-state index in [0.29, 0.717) is 23.1 Å². The highest BCUT2D eigenvalue weighted by Crippen LogP contribution is 2.31. The minimum Gasteiger partial charge on any atom is -0.488 e. The number of hydrogen-bond donors (Lipinski definition) is 1. The van der Waals surface area contributed by atoms with Crippen molar-refractivity contribution in [2.45, 2.75) is 18.9 Å². The molecule has 2 rings (SSSR count). The summed E-state index contributed by atoms with van der Waals surface area (Å²) < 4.78 is 5.51. The molecule has 1 aromatic rings. The third-order valence-corrected chi connectivity index (χ3v) is 2.04. The van der Waals surface area contributed by atoms with E-state index in [4.69, 9.17) is 10.5 Å². The van der Waals surface area contributed by atoms with Crippen LogP contribution >= 0.6 is 0 Å². The molecule has 1 saturated carbocycles. The van der Waals surface area contributed by atoms with Gasteiger partial charge in [0.15, 0.2) is 6.29 Å². The van der Waals surface area contributed by atoms with E-state index in [1.54, 1.807) is 18.2 Å². The maximum Gasteiger partial charge on any atom is 0.152 e. The van der Waals surface area contributed by atoms with Gasteiger partial charge in [0.2, 0.25) is 0 Å². The summed E-state index contributed by atoms with van der Waals surface area (Å²) in [5.74, 6) is 0.632. The molecule has 0 radical (unpaired) electrons. The Balaban J connectivity index is 2.27. The third-order valence-electron chi connectivity index (χ3n) is 2.04. The maximum absolute atomic E-state index is 10.5. The lowest BCUT2D eigenvalue weighted by Crippen LogP contribution is -2.01. The van der Waals surface area contributed by atoms with E-state index < -0.39 is 0 Å². The number of carbonyl (C=O) groups is 1. The fraction of sp³-hybridized carbons (Fsp3) is 0.300. The van der Waals surface area contributed by atoms with Gasteiger partial charge in [0.25, 0.3) is 0 Å². The van der Waals surface area contributed by atoms with Crippen LogP contribution < -0.4 is 10.5 Å². The first kappa shape index (κ1) is 8.10. The van der Waals surface area contributed by atoms with Gasteiger partial charge in [-0.2, -0.15) is 0 Å². The highest BCUT2D eigenvalue weighted by atomic mass is 16.5. The fourth-order valence-electron chi connectivity index (χ4n) is 1.13. The number of anilines is 1. The van der Waals surface area contributed by atoms with Crippen LogP contribution in [0.3, 0.4) is 0 Å². The number of hydrogen-bond acceptors (Lipinski definition) is 3. The van der Waals surface area contributed by atoms with Crippen LogP contribution in [0, 0.1) is 0 Å². The molecule has 1 aromatic carbocycles. The molecule has 1 aliphatic carbocycles. The monoisotopic (exact) mass is 177 g/mol. The van der Waals surface area contributed by atoms with Crippen LogP contribution in [0.5, 0.6) is 5.75 Å². The van der Waals surface area contributed by atoms with Gasteiger partial charge >= 0.3 is 0 Å². The summed E-state index contributed by atoms with van der Waals surface area (Å²) in [5, 5.41) is 0. The second kappa shape index (κ2) is 3.09. The first-order chi connectivity index (χ1) is 6.31. The molecule has 0 aromatic heterocycles. The number of aldehydes is 1. The molecule has 3 nitrogen and oxygen atoms in total. The highest BCUT2D eigenvalue weighted by molar-refractivity contribution is 5.85. The summed E-state index contributed by atoms with van der Waals surface area (Å²) >= 11 is 0. The summed E-state index contributed by atoms with van der Waals surface area (Å²) in [6.07, 6.45) is 3.23. The Kier molecular flexibility index (Phi) is 1.93. The smallest absolute Gasteiger partial charge is 0.152 e. The quantitative estimate of drug-likeness (QED) is 0.563. The molecule has 0 saturated heterocycles. The standard InChI is InChI=1S/C10H11NO2/c11-10-7(6-12)2-1-3-9(10)13-8-4-5-8/h1-3,6,8H,4-5,11H2. The van der Waals surface area contributed by atoms with Crippen LogP contribution in [0.25, 0.3) is 0 Å². The summed E-state index contributed by atoms with van der Waals surface area (Å²) in [6.45, 7) is 0. The van der Waals surface area contributed by atoms with E-state index >= 15 is 0 Å². The molecule has 0 unspecified atom stereocenters. The summed E-state index contributed by atoms with van der Waals surface area (Å²) in [5.41, 5.74) is 6.66. The van der Waals surface area contributed by atoms with Gasteiger partial charge in [0.1, 0.15) is 5.75 Å². The summed E-state index contributed by atoms with van der Waals surface area (Å²) in [6, 6.07) is 5.25. The Morgan fingerprint density at radius 3 is 2.85 bits per heavy atom. The SMILES string of the molecule is Nc1c(C=O)cccc1OC1CC1. The van der Waals surface area contributed by atoms with Crippen molar-refractivity contribution in [1.29, 1.82) is 0 Å². The van der Waals surface area contributed by atoms with Gasteiger partial charge in [-0.15, -0.1) is 0 Å². The van der Waals surface area contributed by atoms with Gasteiger partial charge in [0, 0.05) is 5.56 Å². The van der Waals surface area contributed by atoms with Crippen molar-refractivity contribution < 1.29 is 9.53 Å². The van der Waals surface area contributed by atoms with Crippen molar-refractivity contribution in [1.82, 2.24) is 0 Å². The average Bonchev–Trinajstić information content (AvgIpc) is 2.92. The Hall–Kier alpha value is -1.51. The summed E-state index contributed by atoms with van der Waals surface area (Å²) in [7, 11) is 0. The number of para-hydroxylation sites is 1. The maximum atomic E-state index is 10.5. The van der Waals surface area contributed by atoms with E-state index in [-0.39, 0.29) is 0 Å². The minimum atomic E-state index is 0.309.